The van der Waals surface area contributed by atoms with E-state index in [1.165, 1.54) is 57.8 Å². The molecular formula is C44H82N6O14. The summed E-state index contributed by atoms with van der Waals surface area (Å²) in [5.41, 5.74) is 2.63. The lowest BCUT2D eigenvalue weighted by Gasteiger charge is -2.14. The lowest BCUT2D eigenvalue weighted by Crippen LogP contribution is -2.41. The molecule has 0 spiro atoms. The number of carboxylic acid groups (broad SMARTS) is 2. The smallest absolute Gasteiger partial charge is 0.326 e. The van der Waals surface area contributed by atoms with E-state index in [0.717, 1.165) is 57.8 Å². The second-order valence-corrected chi connectivity index (χ2v) is 16.2. The van der Waals surface area contributed by atoms with Crippen LogP contribution in [0.1, 0.15) is 148 Å². The normalized spacial score (nSPS) is 15.3. The Morgan fingerprint density at radius 2 is 0.938 bits per heavy atom. The largest absolute Gasteiger partial charge is 0.481 e. The summed E-state index contributed by atoms with van der Waals surface area (Å²) < 4.78 is 26.4. The van der Waals surface area contributed by atoms with Gasteiger partial charge in [-0.1, -0.05) is 89.9 Å². The van der Waals surface area contributed by atoms with E-state index < -0.39 is 24.3 Å². The third kappa shape index (κ3) is 36.8. The molecule has 0 saturated carbocycles. The summed E-state index contributed by atoms with van der Waals surface area (Å²) >= 11 is 0. The highest BCUT2D eigenvalue weighted by Gasteiger charge is 2.42. The van der Waals surface area contributed by atoms with Crippen LogP contribution in [0.4, 0.5) is 0 Å². The molecule has 0 aromatic carbocycles. The van der Waals surface area contributed by atoms with E-state index >= 15 is 0 Å². The molecule has 64 heavy (non-hydrogen) atoms. The quantitative estimate of drug-likeness (QED) is 0.0183. The molecule has 20 nitrogen and oxygen atoms in total. The van der Waals surface area contributed by atoms with Crippen molar-refractivity contribution < 1.29 is 67.8 Å². The molecule has 372 valence electrons. The van der Waals surface area contributed by atoms with Gasteiger partial charge in [0.05, 0.1) is 45.7 Å². The lowest BCUT2D eigenvalue weighted by atomic mass is 10.0. The number of carbonyl (C=O) groups is 6. The van der Waals surface area contributed by atoms with Crippen LogP contribution in [0.15, 0.2) is 0 Å². The van der Waals surface area contributed by atoms with Gasteiger partial charge in [0.2, 0.25) is 23.6 Å². The Morgan fingerprint density at radius 1 is 0.500 bits per heavy atom. The number of hydrazine groups is 1. The average molecular weight is 919 g/mol. The number of carbonyl (C=O) groups excluding carboxylic acids is 4. The van der Waals surface area contributed by atoms with Crippen molar-refractivity contribution in [2.24, 2.45) is 5.84 Å². The summed E-state index contributed by atoms with van der Waals surface area (Å²) in [4.78, 5) is 70.5. The van der Waals surface area contributed by atoms with Crippen LogP contribution in [0.5, 0.6) is 0 Å². The van der Waals surface area contributed by atoms with Gasteiger partial charge in [0.25, 0.3) is 0 Å². The van der Waals surface area contributed by atoms with Gasteiger partial charge in [-0.2, -0.15) is 0 Å². The molecule has 0 aromatic heterocycles. The minimum atomic E-state index is -1.18. The zero-order chi connectivity index (χ0) is 46.9. The third-order valence-corrected chi connectivity index (χ3v) is 10.6. The number of epoxide rings is 1. The Kier molecular flexibility index (Phi) is 37.5. The molecule has 0 radical (unpaired) electrons. The van der Waals surface area contributed by atoms with E-state index in [1.807, 2.05) is 0 Å². The number of aliphatic carboxylic acids is 2. The third-order valence-electron chi connectivity index (χ3n) is 10.6. The molecule has 1 heterocycles. The van der Waals surface area contributed by atoms with Gasteiger partial charge in [0.1, 0.15) is 25.4 Å². The van der Waals surface area contributed by atoms with Crippen molar-refractivity contribution in [1.82, 2.24) is 26.7 Å². The summed E-state index contributed by atoms with van der Waals surface area (Å²) in [5, 5.41) is 38.1. The molecule has 1 rings (SSSR count). The van der Waals surface area contributed by atoms with Crippen molar-refractivity contribution in [3.05, 3.63) is 0 Å². The highest BCUT2D eigenvalue weighted by Crippen LogP contribution is 2.25. The summed E-state index contributed by atoms with van der Waals surface area (Å²) in [6.07, 6.45) is 19.5. The Morgan fingerprint density at radius 3 is 1.39 bits per heavy atom. The van der Waals surface area contributed by atoms with Gasteiger partial charge in [-0.3, -0.25) is 35.2 Å². The maximum atomic E-state index is 12.4. The predicted octanol–water partition coefficient (Wildman–Crippen LogP) is 2.58. The Hall–Kier alpha value is -3.50. The molecule has 4 atom stereocenters. The number of hydrogen-bond acceptors (Lipinski definition) is 14. The van der Waals surface area contributed by atoms with Crippen LogP contribution >= 0.6 is 0 Å². The second kappa shape index (κ2) is 41.0. The monoisotopic (exact) mass is 919 g/mol. The molecule has 0 bridgehead atoms. The first kappa shape index (κ1) is 58.5. The molecule has 10 N–H and O–H groups in total. The van der Waals surface area contributed by atoms with Crippen LogP contribution in [0, 0.1) is 0 Å². The minimum absolute atomic E-state index is 0.0244. The number of unbranched alkanes of at least 4 members (excludes halogenated alkanes) is 16. The van der Waals surface area contributed by atoms with Crippen molar-refractivity contribution in [1.29, 1.82) is 0 Å². The molecule has 0 aromatic rings. The number of aliphatic hydroxyl groups excluding tert-OH is 1. The molecular weight excluding hydrogens is 837 g/mol. The van der Waals surface area contributed by atoms with Crippen molar-refractivity contribution >= 4 is 35.6 Å². The number of nitrogens with two attached hydrogens (primary N) is 1. The van der Waals surface area contributed by atoms with Crippen LogP contribution in [0.3, 0.4) is 0 Å². The summed E-state index contributed by atoms with van der Waals surface area (Å²) in [7, 11) is 0. The summed E-state index contributed by atoms with van der Waals surface area (Å²) in [6.45, 7) is 2.05. The fourth-order valence-corrected chi connectivity index (χ4v) is 6.79. The van der Waals surface area contributed by atoms with Crippen LogP contribution < -0.4 is 32.5 Å². The molecule has 1 aliphatic heterocycles. The highest BCUT2D eigenvalue weighted by atomic mass is 16.7. The predicted molar refractivity (Wildman–Crippen MR) is 238 cm³/mol. The zero-order valence-corrected chi connectivity index (χ0v) is 38.3. The van der Waals surface area contributed by atoms with Gasteiger partial charge in [0, 0.05) is 38.9 Å². The first-order valence-electron chi connectivity index (χ1n) is 23.7. The van der Waals surface area contributed by atoms with E-state index in [0.29, 0.717) is 13.0 Å². The standard InChI is InChI=1S/C44H82N6O14/c45-50-35(42-44(59)64-42)19-17-18-24-46-39(53)33-62-31-30-61-28-26-48-40(54)34-63-32-29-60-27-25-47-37(51)23-22-36(43(57)58)49-38(52)20-15-13-11-9-7-5-3-1-2-4-6-8-10-12-14-16-21-41(55)56/h35-36,42,44,50,59H,1-34,45H2,(H,46,53)(H,47,51)(H,48,54)(H,49,52)(H,55,56)(H,57,58). The molecule has 1 aliphatic rings. The Balaban J connectivity index is 1.87. The van der Waals surface area contributed by atoms with E-state index in [2.05, 4.69) is 26.7 Å². The van der Waals surface area contributed by atoms with Gasteiger partial charge in [0.15, 0.2) is 6.29 Å². The SMILES string of the molecule is NNC(CCCCNC(=O)COCCOCCNC(=O)COCCOCCNC(=O)CCC(NC(=O)CCCCCCCCCCCCCCCCCCC(=O)O)C(=O)O)C1OC1O. The maximum Gasteiger partial charge on any atom is 0.326 e. The Bertz CT molecular complexity index is 1250. The topological polar surface area (TPSA) is 299 Å². The van der Waals surface area contributed by atoms with Crippen molar-refractivity contribution in [3.8, 4) is 0 Å². The first-order chi connectivity index (χ1) is 31.0. The fourth-order valence-electron chi connectivity index (χ4n) is 6.79. The number of aliphatic hydroxyl groups is 1. The van der Waals surface area contributed by atoms with Crippen molar-refractivity contribution in [2.75, 3.05) is 72.5 Å². The second-order valence-electron chi connectivity index (χ2n) is 16.2. The van der Waals surface area contributed by atoms with E-state index in [1.54, 1.807) is 0 Å². The number of carboxylic acids is 2. The van der Waals surface area contributed by atoms with Crippen molar-refractivity contribution in [3.63, 3.8) is 0 Å². The maximum absolute atomic E-state index is 12.4. The lowest BCUT2D eigenvalue weighted by molar-refractivity contribution is -0.142. The van der Waals surface area contributed by atoms with Gasteiger partial charge in [-0.15, -0.1) is 0 Å². The molecule has 20 heteroatoms. The number of nitrogens with one attached hydrogen (secondary N) is 5. The zero-order valence-electron chi connectivity index (χ0n) is 38.3. The average Bonchev–Trinajstić information content (AvgIpc) is 4.00. The van der Waals surface area contributed by atoms with Crippen LogP contribution in [0.25, 0.3) is 0 Å². The van der Waals surface area contributed by atoms with E-state index in [4.69, 9.17) is 34.6 Å². The van der Waals surface area contributed by atoms with Crippen LogP contribution in [-0.4, -0.2) is 148 Å². The first-order valence-corrected chi connectivity index (χ1v) is 23.7. The summed E-state index contributed by atoms with van der Waals surface area (Å²) in [5.74, 6) is 2.35. The number of hydrogen-bond donors (Lipinski definition) is 9. The molecule has 1 fully saturated rings. The van der Waals surface area contributed by atoms with Crippen LogP contribution in [-0.2, 0) is 52.5 Å². The number of amides is 4. The van der Waals surface area contributed by atoms with Gasteiger partial charge < -0.3 is 60.3 Å². The molecule has 4 amide bonds. The molecule has 1 saturated heterocycles. The van der Waals surface area contributed by atoms with E-state index in [-0.39, 0.29) is 127 Å². The fraction of sp³-hybridized carbons (Fsp3) is 0.864. The summed E-state index contributed by atoms with van der Waals surface area (Å²) in [6, 6.07) is -1.26. The highest BCUT2D eigenvalue weighted by molar-refractivity contribution is 5.84. The number of ether oxygens (including phenoxy) is 5. The molecule has 0 aliphatic carbocycles. The number of rotatable bonds is 47. The minimum Gasteiger partial charge on any atom is -0.481 e. The Labute approximate surface area is 379 Å². The van der Waals surface area contributed by atoms with E-state index in [9.17, 15) is 39.0 Å². The van der Waals surface area contributed by atoms with Crippen LogP contribution in [0.2, 0.25) is 0 Å². The van der Waals surface area contributed by atoms with Gasteiger partial charge >= 0.3 is 11.9 Å². The van der Waals surface area contributed by atoms with Crippen molar-refractivity contribution in [2.45, 2.75) is 172 Å². The molecule has 4 unspecified atom stereocenters. The van der Waals surface area contributed by atoms with Gasteiger partial charge in [-0.05, 0) is 38.5 Å². The van der Waals surface area contributed by atoms with Gasteiger partial charge in [-0.25, -0.2) is 4.79 Å².